The molecule has 1 aromatic heterocycles. The van der Waals surface area contributed by atoms with Gasteiger partial charge >= 0.3 is 5.97 Å². The van der Waals surface area contributed by atoms with E-state index in [1.54, 1.807) is 11.3 Å². The van der Waals surface area contributed by atoms with Crippen molar-refractivity contribution in [3.8, 4) is 5.75 Å². The molecule has 0 spiro atoms. The fourth-order valence-corrected chi connectivity index (χ4v) is 4.76. The molecule has 4 rings (SSSR count). The molecule has 2 atom stereocenters. The quantitative estimate of drug-likeness (QED) is 0.573. The first-order valence-corrected chi connectivity index (χ1v) is 10.9. The summed E-state index contributed by atoms with van der Waals surface area (Å²) < 4.78 is 6.22. The van der Waals surface area contributed by atoms with E-state index >= 15 is 0 Å². The summed E-state index contributed by atoms with van der Waals surface area (Å²) >= 11 is 1.64. The van der Waals surface area contributed by atoms with Crippen molar-refractivity contribution in [3.05, 3.63) is 88.1 Å². The molecule has 0 saturated carbocycles. The number of carbonyl (C=O) groups is 1. The molecule has 5 heteroatoms. The minimum absolute atomic E-state index is 0.130. The highest BCUT2D eigenvalue weighted by molar-refractivity contribution is 7.08. The Hall–Kier alpha value is -2.63. The highest BCUT2D eigenvalue weighted by Gasteiger charge is 2.36. The second kappa shape index (κ2) is 9.25. The largest absolute Gasteiger partial charge is 0.489 e. The molecule has 4 nitrogen and oxygen atoms in total. The van der Waals surface area contributed by atoms with Gasteiger partial charge in [-0.15, -0.1) is 0 Å². The Labute approximate surface area is 175 Å². The molecule has 0 bridgehead atoms. The molecule has 0 aliphatic carbocycles. The Balaban J connectivity index is 1.69. The topological polar surface area (TPSA) is 49.8 Å². The average molecular weight is 408 g/mol. The Morgan fingerprint density at radius 3 is 2.66 bits per heavy atom. The first-order chi connectivity index (χ1) is 14.2. The van der Waals surface area contributed by atoms with Gasteiger partial charge in [0, 0.05) is 5.56 Å². The minimum Gasteiger partial charge on any atom is -0.489 e. The van der Waals surface area contributed by atoms with E-state index in [9.17, 15) is 9.90 Å². The molecule has 3 aromatic rings. The van der Waals surface area contributed by atoms with Crippen molar-refractivity contribution in [3.63, 3.8) is 0 Å². The number of benzene rings is 2. The van der Waals surface area contributed by atoms with E-state index in [-0.39, 0.29) is 6.04 Å². The molecule has 0 radical (unpaired) electrons. The van der Waals surface area contributed by atoms with Crippen LogP contribution in [0.15, 0.2) is 71.4 Å². The minimum atomic E-state index is -0.743. The zero-order valence-electron chi connectivity index (χ0n) is 16.2. The van der Waals surface area contributed by atoms with Crippen LogP contribution in [0.3, 0.4) is 0 Å². The van der Waals surface area contributed by atoms with Gasteiger partial charge in [0.25, 0.3) is 0 Å². The first kappa shape index (κ1) is 19.7. The molecular weight excluding hydrogens is 382 g/mol. The van der Waals surface area contributed by atoms with Crippen molar-refractivity contribution in [2.75, 3.05) is 6.54 Å². The standard InChI is InChI=1S/C24H25NO3S/c26-24(27)21-11-6-7-14-25(21)23(19-13-15-29-17-19)20-10-4-5-12-22(20)28-16-18-8-2-1-3-9-18/h1-5,8-10,12-13,15,17,21,23H,6-7,11,14,16H2,(H,26,27). The fraction of sp³-hybridized carbons (Fsp3) is 0.292. The van der Waals surface area contributed by atoms with E-state index in [1.807, 2.05) is 48.5 Å². The number of para-hydroxylation sites is 1. The molecule has 2 heterocycles. The lowest BCUT2D eigenvalue weighted by Gasteiger charge is -2.39. The van der Waals surface area contributed by atoms with Crippen LogP contribution < -0.4 is 4.74 Å². The summed E-state index contributed by atoms with van der Waals surface area (Å²) in [6.07, 6.45) is 2.65. The third-order valence-electron chi connectivity index (χ3n) is 5.47. The smallest absolute Gasteiger partial charge is 0.320 e. The summed E-state index contributed by atoms with van der Waals surface area (Å²) in [5, 5.41) is 14.0. The van der Waals surface area contributed by atoms with E-state index in [4.69, 9.17) is 4.74 Å². The first-order valence-electron chi connectivity index (χ1n) is 10.0. The number of carboxylic acid groups (broad SMARTS) is 1. The van der Waals surface area contributed by atoms with E-state index in [0.717, 1.165) is 41.8 Å². The maximum absolute atomic E-state index is 12.0. The molecular formula is C24H25NO3S. The van der Waals surface area contributed by atoms with Gasteiger partial charge in [-0.25, -0.2) is 0 Å². The maximum Gasteiger partial charge on any atom is 0.320 e. The third-order valence-corrected chi connectivity index (χ3v) is 6.17. The van der Waals surface area contributed by atoms with Crippen molar-refractivity contribution >= 4 is 17.3 Å². The molecule has 1 aliphatic rings. The van der Waals surface area contributed by atoms with Crippen molar-refractivity contribution < 1.29 is 14.6 Å². The van der Waals surface area contributed by atoms with Crippen LogP contribution in [-0.2, 0) is 11.4 Å². The average Bonchev–Trinajstić information content (AvgIpc) is 3.29. The SMILES string of the molecule is O=C(O)C1CCCCN1C(c1ccsc1)c1ccccc1OCc1ccccc1. The highest BCUT2D eigenvalue weighted by atomic mass is 32.1. The van der Waals surface area contributed by atoms with Gasteiger partial charge < -0.3 is 9.84 Å². The third kappa shape index (κ3) is 4.52. The summed E-state index contributed by atoms with van der Waals surface area (Å²) in [6, 6.07) is 19.6. The molecule has 1 saturated heterocycles. The zero-order chi connectivity index (χ0) is 20.1. The Morgan fingerprint density at radius 1 is 1.10 bits per heavy atom. The van der Waals surface area contributed by atoms with Gasteiger partial charge in [0.1, 0.15) is 18.4 Å². The molecule has 29 heavy (non-hydrogen) atoms. The van der Waals surface area contributed by atoms with Gasteiger partial charge in [-0.2, -0.15) is 11.3 Å². The van der Waals surface area contributed by atoms with E-state index in [2.05, 4.69) is 27.8 Å². The van der Waals surface area contributed by atoms with Gasteiger partial charge in [0.05, 0.1) is 6.04 Å². The number of hydrogen-bond donors (Lipinski definition) is 1. The van der Waals surface area contributed by atoms with Crippen LogP contribution in [-0.4, -0.2) is 28.6 Å². The molecule has 2 aromatic carbocycles. The lowest BCUT2D eigenvalue weighted by atomic mass is 9.92. The number of aliphatic carboxylic acids is 1. The Kier molecular flexibility index (Phi) is 6.27. The molecule has 150 valence electrons. The van der Waals surface area contributed by atoms with Crippen molar-refractivity contribution in [2.45, 2.75) is 38.0 Å². The predicted octanol–water partition coefficient (Wildman–Crippen LogP) is 5.36. The zero-order valence-corrected chi connectivity index (χ0v) is 17.1. The summed E-state index contributed by atoms with van der Waals surface area (Å²) in [4.78, 5) is 14.1. The number of rotatable bonds is 7. The van der Waals surface area contributed by atoms with Crippen molar-refractivity contribution in [1.29, 1.82) is 0 Å². The molecule has 1 N–H and O–H groups in total. The lowest BCUT2D eigenvalue weighted by Crippen LogP contribution is -2.46. The number of ether oxygens (including phenoxy) is 1. The number of likely N-dealkylation sites (tertiary alicyclic amines) is 1. The van der Waals surface area contributed by atoms with Gasteiger partial charge in [-0.05, 0) is 53.4 Å². The molecule has 2 unspecified atom stereocenters. The van der Waals surface area contributed by atoms with Crippen LogP contribution in [0, 0.1) is 0 Å². The number of nitrogens with zero attached hydrogens (tertiary/aromatic N) is 1. The van der Waals surface area contributed by atoms with Gasteiger partial charge in [0.2, 0.25) is 0 Å². The second-order valence-electron chi connectivity index (χ2n) is 7.36. The van der Waals surface area contributed by atoms with Crippen LogP contribution in [0.4, 0.5) is 0 Å². The monoisotopic (exact) mass is 407 g/mol. The number of hydrogen-bond acceptors (Lipinski definition) is 4. The summed E-state index contributed by atoms with van der Waals surface area (Å²) in [7, 11) is 0. The molecule has 0 amide bonds. The number of carboxylic acids is 1. The van der Waals surface area contributed by atoms with Gasteiger partial charge in [-0.3, -0.25) is 9.69 Å². The second-order valence-corrected chi connectivity index (χ2v) is 8.14. The van der Waals surface area contributed by atoms with Gasteiger partial charge in [0.15, 0.2) is 0 Å². The van der Waals surface area contributed by atoms with Crippen LogP contribution in [0.5, 0.6) is 5.75 Å². The van der Waals surface area contributed by atoms with E-state index in [1.165, 1.54) is 0 Å². The molecule has 1 fully saturated rings. The van der Waals surface area contributed by atoms with Crippen LogP contribution in [0.2, 0.25) is 0 Å². The number of piperidine rings is 1. The number of thiophene rings is 1. The summed E-state index contributed by atoms with van der Waals surface area (Å²) in [5.74, 6) is 0.0647. The van der Waals surface area contributed by atoms with E-state index < -0.39 is 12.0 Å². The Bertz CT molecular complexity index is 926. The van der Waals surface area contributed by atoms with E-state index in [0.29, 0.717) is 13.0 Å². The Morgan fingerprint density at radius 2 is 1.90 bits per heavy atom. The van der Waals surface area contributed by atoms with Crippen LogP contribution >= 0.6 is 11.3 Å². The fourth-order valence-electron chi connectivity index (χ4n) is 4.08. The van der Waals surface area contributed by atoms with Crippen molar-refractivity contribution in [2.24, 2.45) is 0 Å². The van der Waals surface area contributed by atoms with Gasteiger partial charge in [-0.1, -0.05) is 55.0 Å². The normalized spacial score (nSPS) is 18.3. The van der Waals surface area contributed by atoms with Crippen LogP contribution in [0.1, 0.15) is 42.0 Å². The highest BCUT2D eigenvalue weighted by Crippen LogP contribution is 2.39. The summed E-state index contributed by atoms with van der Waals surface area (Å²) in [5.41, 5.74) is 3.25. The van der Waals surface area contributed by atoms with Crippen molar-refractivity contribution in [1.82, 2.24) is 4.90 Å². The maximum atomic E-state index is 12.0. The van der Waals surface area contributed by atoms with Crippen LogP contribution in [0.25, 0.3) is 0 Å². The predicted molar refractivity (Wildman–Crippen MR) is 115 cm³/mol. The summed E-state index contributed by atoms with van der Waals surface area (Å²) in [6.45, 7) is 1.25. The molecule has 1 aliphatic heterocycles. The lowest BCUT2D eigenvalue weighted by molar-refractivity contribution is -0.145.